The quantitative estimate of drug-likeness (QED) is 0.729. The van der Waals surface area contributed by atoms with Crippen molar-refractivity contribution < 1.29 is 14.3 Å². The van der Waals surface area contributed by atoms with E-state index in [1.807, 2.05) is 54.6 Å². The summed E-state index contributed by atoms with van der Waals surface area (Å²) in [7, 11) is 1.52. The number of rotatable bonds is 5. The molecule has 2 aromatic carbocycles. The second kappa shape index (κ2) is 8.76. The van der Waals surface area contributed by atoms with Gasteiger partial charge < -0.3 is 15.4 Å². The average molecular weight is 393 g/mol. The van der Waals surface area contributed by atoms with Crippen LogP contribution < -0.4 is 16.0 Å². The van der Waals surface area contributed by atoms with Gasteiger partial charge in [-0.2, -0.15) is 0 Å². The number of amides is 2. The van der Waals surface area contributed by atoms with Gasteiger partial charge in [0.15, 0.2) is 6.10 Å². The van der Waals surface area contributed by atoms with Gasteiger partial charge in [-0.05, 0) is 24.5 Å². The Morgan fingerprint density at radius 1 is 1.03 bits per heavy atom. The zero-order chi connectivity index (χ0) is 20.2. The zero-order valence-corrected chi connectivity index (χ0v) is 16.6. The lowest BCUT2D eigenvalue weighted by Gasteiger charge is -2.41. The minimum absolute atomic E-state index is 0.0406. The Morgan fingerprint density at radius 2 is 1.72 bits per heavy atom. The van der Waals surface area contributed by atoms with E-state index < -0.39 is 12.1 Å². The van der Waals surface area contributed by atoms with E-state index in [0.29, 0.717) is 5.69 Å². The highest BCUT2D eigenvalue weighted by Gasteiger charge is 2.37. The van der Waals surface area contributed by atoms with Crippen LogP contribution in [-0.4, -0.2) is 31.0 Å². The van der Waals surface area contributed by atoms with Crippen LogP contribution in [0, 0.1) is 0 Å². The molecule has 152 valence electrons. The molecule has 1 saturated carbocycles. The second-order valence-corrected chi connectivity index (χ2v) is 7.71. The van der Waals surface area contributed by atoms with Crippen LogP contribution in [0.4, 0.5) is 5.69 Å². The molecule has 2 fully saturated rings. The van der Waals surface area contributed by atoms with Crippen LogP contribution in [0.5, 0.6) is 0 Å². The van der Waals surface area contributed by atoms with E-state index >= 15 is 0 Å². The summed E-state index contributed by atoms with van der Waals surface area (Å²) in [5.74, 6) is -0.306. The van der Waals surface area contributed by atoms with Gasteiger partial charge in [-0.15, -0.1) is 0 Å². The molecule has 1 heterocycles. The molecule has 2 aliphatic rings. The van der Waals surface area contributed by atoms with Gasteiger partial charge in [0.1, 0.15) is 6.04 Å². The molecular weight excluding hydrogens is 366 g/mol. The average Bonchev–Trinajstić information content (AvgIpc) is 2.75. The maximum atomic E-state index is 12.9. The Hall–Kier alpha value is -2.70. The predicted octanol–water partition coefficient (Wildman–Crippen LogP) is 3.08. The minimum atomic E-state index is -0.722. The summed E-state index contributed by atoms with van der Waals surface area (Å²) >= 11 is 0. The summed E-state index contributed by atoms with van der Waals surface area (Å²) in [6.07, 6.45) is 3.66. The van der Waals surface area contributed by atoms with Crippen LogP contribution in [0.3, 0.4) is 0 Å². The van der Waals surface area contributed by atoms with E-state index in [-0.39, 0.29) is 23.9 Å². The normalized spacial score (nSPS) is 24.9. The molecule has 4 rings (SSSR count). The number of fused-ring (bicyclic) bond motifs is 1. The molecule has 0 aromatic heterocycles. The van der Waals surface area contributed by atoms with E-state index in [0.717, 1.165) is 30.4 Å². The fourth-order valence-corrected chi connectivity index (χ4v) is 4.37. The van der Waals surface area contributed by atoms with Crippen molar-refractivity contribution in [1.82, 2.24) is 10.6 Å². The molecule has 3 N–H and O–H groups in total. The van der Waals surface area contributed by atoms with E-state index in [2.05, 4.69) is 16.0 Å². The first-order chi connectivity index (χ1) is 14.2. The van der Waals surface area contributed by atoms with Crippen molar-refractivity contribution in [3.05, 3.63) is 65.7 Å². The molecule has 6 nitrogen and oxygen atoms in total. The molecule has 1 saturated heterocycles. The topological polar surface area (TPSA) is 79.5 Å². The maximum Gasteiger partial charge on any atom is 0.258 e. The summed E-state index contributed by atoms with van der Waals surface area (Å²) in [6, 6.07) is 16.8. The predicted molar refractivity (Wildman–Crippen MR) is 111 cm³/mol. The Kier molecular flexibility index (Phi) is 5.92. The number of ether oxygens (including phenoxy) is 1. The van der Waals surface area contributed by atoms with E-state index in [1.165, 1.54) is 13.5 Å². The first kappa shape index (κ1) is 19.6. The second-order valence-electron chi connectivity index (χ2n) is 7.71. The number of methoxy groups -OCH3 is 1. The standard InChI is InChI=1S/C23H27N3O3/c1-29-21(15-9-3-2-4-10-15)23(28)25-17-12-6-5-11-16(17)20-22(27)26-19-14-8-7-13-18(19)24-20/h2-6,9-12,18-21,24H,7-8,13-14H2,1H3,(H,25,28)(H,26,27). The first-order valence-electron chi connectivity index (χ1n) is 10.2. The lowest BCUT2D eigenvalue weighted by Crippen LogP contribution is -2.61. The summed E-state index contributed by atoms with van der Waals surface area (Å²) in [5.41, 5.74) is 2.17. The van der Waals surface area contributed by atoms with Crippen LogP contribution in [0.2, 0.25) is 0 Å². The molecule has 4 unspecified atom stereocenters. The fraction of sp³-hybridized carbons (Fsp3) is 0.391. The van der Waals surface area contributed by atoms with Crippen molar-refractivity contribution in [1.29, 1.82) is 0 Å². The molecule has 1 aliphatic heterocycles. The molecule has 0 bridgehead atoms. The third-order valence-corrected chi connectivity index (χ3v) is 5.84. The largest absolute Gasteiger partial charge is 0.367 e. The van der Waals surface area contributed by atoms with Gasteiger partial charge >= 0.3 is 0 Å². The molecule has 29 heavy (non-hydrogen) atoms. The summed E-state index contributed by atoms with van der Waals surface area (Å²) in [6.45, 7) is 0. The smallest absolute Gasteiger partial charge is 0.258 e. The van der Waals surface area contributed by atoms with E-state index in [4.69, 9.17) is 4.74 Å². The number of benzene rings is 2. The first-order valence-corrected chi connectivity index (χ1v) is 10.2. The molecule has 1 aliphatic carbocycles. The summed E-state index contributed by atoms with van der Waals surface area (Å²) in [5, 5.41) is 9.65. The number of carbonyl (C=O) groups excluding carboxylic acids is 2. The Labute approximate surface area is 171 Å². The maximum absolute atomic E-state index is 12.9. The molecular formula is C23H27N3O3. The van der Waals surface area contributed by atoms with Gasteiger partial charge in [-0.3, -0.25) is 14.9 Å². The monoisotopic (exact) mass is 393 g/mol. The molecule has 4 atom stereocenters. The van der Waals surface area contributed by atoms with Crippen molar-refractivity contribution >= 4 is 17.5 Å². The van der Waals surface area contributed by atoms with Gasteiger partial charge in [0.2, 0.25) is 5.91 Å². The van der Waals surface area contributed by atoms with Crippen molar-refractivity contribution in [3.63, 3.8) is 0 Å². The highest BCUT2D eigenvalue weighted by Crippen LogP contribution is 2.31. The molecule has 6 heteroatoms. The molecule has 0 radical (unpaired) electrons. The van der Waals surface area contributed by atoms with Crippen molar-refractivity contribution in [2.75, 3.05) is 12.4 Å². The van der Waals surface area contributed by atoms with Crippen LogP contribution in [0.1, 0.15) is 49.0 Å². The fourth-order valence-electron chi connectivity index (χ4n) is 4.37. The van der Waals surface area contributed by atoms with Crippen molar-refractivity contribution in [3.8, 4) is 0 Å². The van der Waals surface area contributed by atoms with Gasteiger partial charge in [0.05, 0.1) is 0 Å². The summed E-state index contributed by atoms with van der Waals surface area (Å²) in [4.78, 5) is 25.7. The Bertz CT molecular complexity index is 871. The van der Waals surface area contributed by atoms with Gasteiger partial charge in [0, 0.05) is 30.4 Å². The highest BCUT2D eigenvalue weighted by atomic mass is 16.5. The number of carbonyl (C=O) groups is 2. The molecule has 2 amide bonds. The van der Waals surface area contributed by atoms with Crippen molar-refractivity contribution in [2.24, 2.45) is 0 Å². The third kappa shape index (κ3) is 4.18. The van der Waals surface area contributed by atoms with Gasteiger partial charge in [0.25, 0.3) is 5.91 Å². The number of piperazine rings is 1. The SMILES string of the molecule is COC(C(=O)Nc1ccccc1C1NC2CCCCC2NC1=O)c1ccccc1. The zero-order valence-electron chi connectivity index (χ0n) is 16.6. The van der Waals surface area contributed by atoms with Crippen molar-refractivity contribution in [2.45, 2.75) is 49.9 Å². The molecule has 0 spiro atoms. The number of nitrogens with one attached hydrogen (secondary N) is 3. The van der Waals surface area contributed by atoms with Crippen LogP contribution in [-0.2, 0) is 14.3 Å². The number of hydrogen-bond acceptors (Lipinski definition) is 4. The van der Waals surface area contributed by atoms with Crippen LogP contribution >= 0.6 is 0 Å². The highest BCUT2D eigenvalue weighted by molar-refractivity contribution is 5.97. The number of anilines is 1. The van der Waals surface area contributed by atoms with Crippen LogP contribution in [0.25, 0.3) is 0 Å². The third-order valence-electron chi connectivity index (χ3n) is 5.84. The Morgan fingerprint density at radius 3 is 2.48 bits per heavy atom. The van der Waals surface area contributed by atoms with E-state index in [1.54, 1.807) is 0 Å². The van der Waals surface area contributed by atoms with E-state index in [9.17, 15) is 9.59 Å². The Balaban J connectivity index is 1.55. The van der Waals surface area contributed by atoms with Gasteiger partial charge in [-0.25, -0.2) is 0 Å². The van der Waals surface area contributed by atoms with Gasteiger partial charge in [-0.1, -0.05) is 61.4 Å². The lowest BCUT2D eigenvalue weighted by atomic mass is 9.86. The minimum Gasteiger partial charge on any atom is -0.367 e. The number of hydrogen-bond donors (Lipinski definition) is 3. The molecule has 2 aromatic rings. The number of para-hydroxylation sites is 1. The lowest BCUT2D eigenvalue weighted by molar-refractivity contribution is -0.127. The summed E-state index contributed by atoms with van der Waals surface area (Å²) < 4.78 is 5.44. The van der Waals surface area contributed by atoms with Crippen LogP contribution in [0.15, 0.2) is 54.6 Å².